The molecular weight excluding hydrogens is 635 g/mol. The van der Waals surface area contributed by atoms with Crippen LogP contribution in [0, 0.1) is 0 Å². The molecule has 1 aliphatic rings. The second-order valence-electron chi connectivity index (χ2n) is 14.1. The van der Waals surface area contributed by atoms with E-state index in [2.05, 4.69) is 195 Å². The standard InChI is InChI=1S/C49H35NS/c1-49(2)43-30-29-38(31-42(43)45-39-17-9-10-18-40(39)48-46(47(45)49)41-19-11-12-20-44(41)51-48)50(36-25-21-34(22-26-36)32-13-5-3-6-14-32)37-27-23-35(24-28-37)33-15-7-4-8-16-33/h3-31H,1-2H3. The van der Waals surface area contributed by atoms with Crippen molar-refractivity contribution in [1.82, 2.24) is 0 Å². The minimum absolute atomic E-state index is 0.158. The Balaban J connectivity index is 1.19. The molecule has 0 fully saturated rings. The molecule has 0 bridgehead atoms. The number of anilines is 3. The van der Waals surface area contributed by atoms with Crippen LogP contribution in [0.1, 0.15) is 25.0 Å². The smallest absolute Gasteiger partial charge is 0.0468 e. The molecule has 1 heterocycles. The number of rotatable bonds is 5. The van der Waals surface area contributed by atoms with Gasteiger partial charge in [0.25, 0.3) is 0 Å². The van der Waals surface area contributed by atoms with Gasteiger partial charge in [-0.05, 0) is 92.4 Å². The summed E-state index contributed by atoms with van der Waals surface area (Å²) in [6, 6.07) is 64.4. The molecule has 0 atom stereocenters. The summed E-state index contributed by atoms with van der Waals surface area (Å²) in [6.45, 7) is 4.83. The highest BCUT2D eigenvalue weighted by molar-refractivity contribution is 7.26. The minimum Gasteiger partial charge on any atom is -0.310 e. The van der Waals surface area contributed by atoms with Gasteiger partial charge in [0.1, 0.15) is 0 Å². The molecule has 0 N–H and O–H groups in total. The normalized spacial score (nSPS) is 13.1. The van der Waals surface area contributed by atoms with Gasteiger partial charge in [0.2, 0.25) is 0 Å². The molecule has 1 aliphatic carbocycles. The molecule has 8 aromatic carbocycles. The molecule has 0 saturated heterocycles. The van der Waals surface area contributed by atoms with E-state index in [1.165, 1.54) is 75.5 Å². The number of hydrogen-bond acceptors (Lipinski definition) is 2. The van der Waals surface area contributed by atoms with Gasteiger partial charge in [-0.1, -0.05) is 147 Å². The highest BCUT2D eigenvalue weighted by atomic mass is 32.1. The Hall–Kier alpha value is -5.96. The lowest BCUT2D eigenvalue weighted by molar-refractivity contribution is 0.667. The maximum absolute atomic E-state index is 2.45. The maximum atomic E-state index is 2.45. The SMILES string of the molecule is CC1(C)c2ccc(N(c3ccc(-c4ccccc4)cc3)c3ccc(-c4ccccc4)cc3)cc2-c2c1c1c3ccccc3sc1c1ccccc21. The van der Waals surface area contributed by atoms with E-state index in [-0.39, 0.29) is 5.41 Å². The Morgan fingerprint density at radius 3 is 1.55 bits per heavy atom. The van der Waals surface area contributed by atoms with Gasteiger partial charge in [-0.25, -0.2) is 0 Å². The molecule has 0 radical (unpaired) electrons. The Kier molecular flexibility index (Phi) is 6.78. The lowest BCUT2D eigenvalue weighted by Crippen LogP contribution is -2.16. The first-order valence-corrected chi connectivity index (χ1v) is 18.5. The van der Waals surface area contributed by atoms with Crippen LogP contribution in [0.5, 0.6) is 0 Å². The summed E-state index contributed by atoms with van der Waals surface area (Å²) in [4.78, 5) is 2.41. The molecule has 10 rings (SSSR count). The van der Waals surface area contributed by atoms with E-state index in [1.54, 1.807) is 0 Å². The topological polar surface area (TPSA) is 3.24 Å². The van der Waals surface area contributed by atoms with E-state index in [9.17, 15) is 0 Å². The summed E-state index contributed by atoms with van der Waals surface area (Å²) in [5.74, 6) is 0. The second kappa shape index (κ2) is 11.6. The van der Waals surface area contributed by atoms with Crippen molar-refractivity contribution in [3.8, 4) is 33.4 Å². The van der Waals surface area contributed by atoms with E-state index in [4.69, 9.17) is 0 Å². The van der Waals surface area contributed by atoms with Gasteiger partial charge in [0, 0.05) is 48.0 Å². The molecule has 1 nitrogen and oxygen atoms in total. The van der Waals surface area contributed by atoms with Crippen molar-refractivity contribution < 1.29 is 0 Å². The van der Waals surface area contributed by atoms with Crippen molar-refractivity contribution in [2.75, 3.05) is 4.90 Å². The molecule has 242 valence electrons. The summed E-state index contributed by atoms with van der Waals surface area (Å²) >= 11 is 1.93. The molecular formula is C49H35NS. The molecule has 0 aliphatic heterocycles. The maximum Gasteiger partial charge on any atom is 0.0468 e. The first-order chi connectivity index (χ1) is 25.1. The zero-order valence-electron chi connectivity index (χ0n) is 28.6. The summed E-state index contributed by atoms with van der Waals surface area (Å²) in [6.07, 6.45) is 0. The summed E-state index contributed by atoms with van der Waals surface area (Å²) < 4.78 is 2.74. The quantitative estimate of drug-likeness (QED) is 0.176. The Morgan fingerprint density at radius 1 is 0.451 bits per heavy atom. The lowest BCUT2D eigenvalue weighted by Gasteiger charge is -2.27. The van der Waals surface area contributed by atoms with Crippen LogP contribution in [0.2, 0.25) is 0 Å². The third kappa shape index (κ3) is 4.67. The third-order valence-electron chi connectivity index (χ3n) is 10.8. The van der Waals surface area contributed by atoms with E-state index in [0.717, 1.165) is 17.1 Å². The van der Waals surface area contributed by atoms with Crippen molar-refractivity contribution in [2.24, 2.45) is 0 Å². The molecule has 1 aromatic heterocycles. The van der Waals surface area contributed by atoms with Crippen LogP contribution in [0.3, 0.4) is 0 Å². The first-order valence-electron chi connectivity index (χ1n) is 17.7. The van der Waals surface area contributed by atoms with Crippen LogP contribution in [-0.2, 0) is 5.41 Å². The predicted molar refractivity (Wildman–Crippen MR) is 220 cm³/mol. The van der Waals surface area contributed by atoms with E-state index in [1.807, 2.05) is 11.3 Å². The summed E-state index contributed by atoms with van der Waals surface area (Å²) in [5, 5.41) is 5.45. The number of thiophene rings is 1. The highest BCUT2D eigenvalue weighted by Crippen LogP contribution is 2.58. The van der Waals surface area contributed by atoms with Crippen molar-refractivity contribution >= 4 is 59.3 Å². The molecule has 9 aromatic rings. The van der Waals surface area contributed by atoms with Crippen molar-refractivity contribution in [1.29, 1.82) is 0 Å². The number of nitrogens with zero attached hydrogens (tertiary/aromatic N) is 1. The fraction of sp³-hybridized carbons (Fsp3) is 0.0612. The second-order valence-corrected chi connectivity index (χ2v) is 15.2. The lowest BCUT2D eigenvalue weighted by atomic mass is 9.79. The monoisotopic (exact) mass is 669 g/mol. The number of hydrogen-bond donors (Lipinski definition) is 0. The molecule has 0 spiro atoms. The number of benzene rings is 8. The van der Waals surface area contributed by atoms with Gasteiger partial charge >= 0.3 is 0 Å². The van der Waals surface area contributed by atoms with Gasteiger partial charge in [-0.15, -0.1) is 11.3 Å². The van der Waals surface area contributed by atoms with E-state index >= 15 is 0 Å². The average molecular weight is 670 g/mol. The molecule has 2 heteroatoms. The first kappa shape index (κ1) is 29.9. The van der Waals surface area contributed by atoms with Gasteiger partial charge in [0.15, 0.2) is 0 Å². The Bertz CT molecular complexity index is 2660. The molecule has 0 amide bonds. The van der Waals surface area contributed by atoms with Crippen LogP contribution < -0.4 is 4.90 Å². The largest absolute Gasteiger partial charge is 0.310 e. The average Bonchev–Trinajstić information content (AvgIpc) is 3.68. The van der Waals surface area contributed by atoms with Crippen LogP contribution in [0.4, 0.5) is 17.1 Å². The zero-order valence-corrected chi connectivity index (χ0v) is 29.4. The van der Waals surface area contributed by atoms with E-state index in [0.29, 0.717) is 0 Å². The van der Waals surface area contributed by atoms with Gasteiger partial charge in [-0.3, -0.25) is 0 Å². The van der Waals surface area contributed by atoms with E-state index < -0.39 is 0 Å². The Morgan fingerprint density at radius 2 is 0.941 bits per heavy atom. The van der Waals surface area contributed by atoms with Crippen LogP contribution >= 0.6 is 11.3 Å². The van der Waals surface area contributed by atoms with Crippen molar-refractivity contribution in [2.45, 2.75) is 19.3 Å². The molecule has 0 saturated carbocycles. The zero-order chi connectivity index (χ0) is 34.1. The van der Waals surface area contributed by atoms with Gasteiger partial charge in [-0.2, -0.15) is 0 Å². The van der Waals surface area contributed by atoms with Crippen LogP contribution in [0.15, 0.2) is 176 Å². The minimum atomic E-state index is -0.158. The molecule has 0 unspecified atom stereocenters. The van der Waals surface area contributed by atoms with Crippen LogP contribution in [-0.4, -0.2) is 0 Å². The van der Waals surface area contributed by atoms with Gasteiger partial charge in [0.05, 0.1) is 0 Å². The fourth-order valence-corrected chi connectivity index (χ4v) is 9.67. The summed E-state index contributed by atoms with van der Waals surface area (Å²) in [7, 11) is 0. The van der Waals surface area contributed by atoms with Crippen LogP contribution in [0.25, 0.3) is 64.3 Å². The van der Waals surface area contributed by atoms with Crippen molar-refractivity contribution in [3.05, 3.63) is 187 Å². The Labute approximate surface area is 302 Å². The molecule has 51 heavy (non-hydrogen) atoms. The predicted octanol–water partition coefficient (Wildman–Crippen LogP) is 14.3. The fourth-order valence-electron chi connectivity index (χ4n) is 8.42. The number of fused-ring (bicyclic) bond motifs is 10. The summed E-state index contributed by atoms with van der Waals surface area (Å²) in [5.41, 5.74) is 13.6. The van der Waals surface area contributed by atoms with Crippen molar-refractivity contribution in [3.63, 3.8) is 0 Å². The van der Waals surface area contributed by atoms with Gasteiger partial charge < -0.3 is 4.90 Å². The highest BCUT2D eigenvalue weighted by Gasteiger charge is 2.39. The third-order valence-corrected chi connectivity index (χ3v) is 12.0.